The van der Waals surface area contributed by atoms with Crippen LogP contribution in [-0.4, -0.2) is 6.04 Å². The van der Waals surface area contributed by atoms with Crippen LogP contribution in [0.25, 0.3) is 0 Å². The summed E-state index contributed by atoms with van der Waals surface area (Å²) in [5.74, 6) is 0.835. The van der Waals surface area contributed by atoms with E-state index in [-0.39, 0.29) is 0 Å². The summed E-state index contributed by atoms with van der Waals surface area (Å²) in [4.78, 5) is 0. The van der Waals surface area contributed by atoms with Gasteiger partial charge in [-0.05, 0) is 43.4 Å². The molecule has 0 heterocycles. The molecule has 1 aromatic rings. The number of hydrogen-bond donors (Lipinski definition) is 1. The summed E-state index contributed by atoms with van der Waals surface area (Å²) in [6, 6.07) is 10.5. The number of nitrogens with one attached hydrogen (secondary N) is 1. The van der Waals surface area contributed by atoms with Gasteiger partial charge in [0.05, 0.1) is 11.6 Å². The van der Waals surface area contributed by atoms with Gasteiger partial charge in [-0.3, -0.25) is 0 Å². The molecule has 2 atom stereocenters. The van der Waals surface area contributed by atoms with Gasteiger partial charge in [0.2, 0.25) is 0 Å². The van der Waals surface area contributed by atoms with E-state index in [9.17, 15) is 0 Å². The normalized spacial score (nSPS) is 24.8. The molecule has 0 bridgehead atoms. The third-order valence-electron chi connectivity index (χ3n) is 3.06. The summed E-state index contributed by atoms with van der Waals surface area (Å²) in [6.45, 7) is 2.30. The molecule has 0 aromatic heterocycles. The van der Waals surface area contributed by atoms with Gasteiger partial charge >= 0.3 is 0 Å². The smallest absolute Gasteiger partial charge is 0.0992 e. The number of hydrogen-bond acceptors (Lipinski definition) is 2. The van der Waals surface area contributed by atoms with Gasteiger partial charge in [-0.1, -0.05) is 13.0 Å². The predicted molar refractivity (Wildman–Crippen MR) is 61.6 cm³/mol. The van der Waals surface area contributed by atoms with Crippen LogP contribution in [-0.2, 0) is 0 Å². The van der Waals surface area contributed by atoms with E-state index in [2.05, 4.69) is 18.3 Å². The molecule has 0 aliphatic heterocycles. The number of anilines is 1. The van der Waals surface area contributed by atoms with Gasteiger partial charge in [0.25, 0.3) is 0 Å². The minimum absolute atomic E-state index is 0.592. The minimum atomic E-state index is 0.592. The molecule has 2 heteroatoms. The van der Waals surface area contributed by atoms with Crippen LogP contribution in [0.1, 0.15) is 31.7 Å². The van der Waals surface area contributed by atoms with Crippen LogP contribution in [0.15, 0.2) is 24.3 Å². The van der Waals surface area contributed by atoms with Crippen LogP contribution < -0.4 is 5.32 Å². The lowest BCUT2D eigenvalue weighted by Gasteiger charge is -2.13. The molecule has 1 aromatic carbocycles. The highest BCUT2D eigenvalue weighted by molar-refractivity contribution is 5.49. The van der Waals surface area contributed by atoms with Gasteiger partial charge in [-0.15, -0.1) is 0 Å². The Morgan fingerprint density at radius 1 is 1.40 bits per heavy atom. The van der Waals surface area contributed by atoms with E-state index in [4.69, 9.17) is 5.26 Å². The van der Waals surface area contributed by atoms with Crippen molar-refractivity contribution in [3.8, 4) is 6.07 Å². The Morgan fingerprint density at radius 2 is 2.27 bits per heavy atom. The van der Waals surface area contributed by atoms with E-state index in [0.29, 0.717) is 6.04 Å². The molecule has 0 radical (unpaired) electrons. The maximum atomic E-state index is 8.79. The second-order valence-electron chi connectivity index (χ2n) is 4.45. The van der Waals surface area contributed by atoms with Crippen LogP contribution >= 0.6 is 0 Å². The summed E-state index contributed by atoms with van der Waals surface area (Å²) in [5.41, 5.74) is 1.80. The highest BCUT2D eigenvalue weighted by atomic mass is 14.9. The van der Waals surface area contributed by atoms with E-state index in [1.54, 1.807) is 0 Å². The topological polar surface area (TPSA) is 35.8 Å². The van der Waals surface area contributed by atoms with E-state index in [1.165, 1.54) is 19.3 Å². The maximum absolute atomic E-state index is 8.79. The molecule has 0 spiro atoms. The summed E-state index contributed by atoms with van der Waals surface area (Å²) >= 11 is 0. The van der Waals surface area contributed by atoms with E-state index < -0.39 is 0 Å². The van der Waals surface area contributed by atoms with Gasteiger partial charge < -0.3 is 5.32 Å². The Morgan fingerprint density at radius 3 is 2.93 bits per heavy atom. The first-order valence-corrected chi connectivity index (χ1v) is 5.54. The zero-order valence-electron chi connectivity index (χ0n) is 9.03. The molecule has 0 amide bonds. The monoisotopic (exact) mass is 200 g/mol. The van der Waals surface area contributed by atoms with E-state index in [1.807, 2.05) is 24.3 Å². The van der Waals surface area contributed by atoms with Crippen LogP contribution in [0.5, 0.6) is 0 Å². The molecule has 2 nitrogen and oxygen atoms in total. The van der Waals surface area contributed by atoms with Crippen molar-refractivity contribution < 1.29 is 0 Å². The lowest BCUT2D eigenvalue weighted by Crippen LogP contribution is -2.15. The second kappa shape index (κ2) is 4.35. The van der Waals surface area contributed by atoms with Gasteiger partial charge in [0.1, 0.15) is 0 Å². The fraction of sp³-hybridized carbons (Fsp3) is 0.462. The van der Waals surface area contributed by atoms with Crippen molar-refractivity contribution in [3.63, 3.8) is 0 Å². The molecule has 1 aliphatic carbocycles. The first-order valence-electron chi connectivity index (χ1n) is 5.54. The van der Waals surface area contributed by atoms with Gasteiger partial charge in [-0.25, -0.2) is 0 Å². The standard InChI is InChI=1S/C13H16N2/c1-10-5-6-13(7-10)15-12-4-2-3-11(8-12)9-14/h2-4,8,10,13,15H,5-7H2,1H3. The molecule has 78 valence electrons. The number of benzene rings is 1. The third kappa shape index (κ3) is 2.50. The first-order chi connectivity index (χ1) is 7.28. The summed E-state index contributed by atoms with van der Waals surface area (Å²) in [6.07, 6.45) is 3.81. The Bertz CT molecular complexity index is 378. The molecule has 1 fully saturated rings. The van der Waals surface area contributed by atoms with Crippen molar-refractivity contribution in [1.82, 2.24) is 0 Å². The third-order valence-corrected chi connectivity index (χ3v) is 3.06. The van der Waals surface area contributed by atoms with E-state index in [0.717, 1.165) is 17.2 Å². The van der Waals surface area contributed by atoms with Crippen molar-refractivity contribution in [3.05, 3.63) is 29.8 Å². The predicted octanol–water partition coefficient (Wildman–Crippen LogP) is 3.16. The van der Waals surface area contributed by atoms with E-state index >= 15 is 0 Å². The quantitative estimate of drug-likeness (QED) is 0.796. The largest absolute Gasteiger partial charge is 0.382 e. The zero-order chi connectivity index (χ0) is 10.7. The number of nitriles is 1. The number of nitrogens with zero attached hydrogens (tertiary/aromatic N) is 1. The van der Waals surface area contributed by atoms with Gasteiger partial charge in [-0.2, -0.15) is 5.26 Å². The molecule has 2 unspecified atom stereocenters. The Kier molecular flexibility index (Phi) is 2.91. The van der Waals surface area contributed by atoms with Crippen LogP contribution in [0.3, 0.4) is 0 Å². The summed E-state index contributed by atoms with van der Waals surface area (Å²) in [5, 5.41) is 12.3. The fourth-order valence-electron chi connectivity index (χ4n) is 2.25. The molecule has 1 N–H and O–H groups in total. The Hall–Kier alpha value is -1.49. The Balaban J connectivity index is 2.02. The summed E-state index contributed by atoms with van der Waals surface area (Å²) < 4.78 is 0. The Labute approximate surface area is 90.9 Å². The molecular weight excluding hydrogens is 184 g/mol. The van der Waals surface area contributed by atoms with Crippen molar-refractivity contribution in [2.75, 3.05) is 5.32 Å². The van der Waals surface area contributed by atoms with Gasteiger partial charge in [0.15, 0.2) is 0 Å². The van der Waals surface area contributed by atoms with Crippen LogP contribution in [0.4, 0.5) is 5.69 Å². The van der Waals surface area contributed by atoms with Crippen molar-refractivity contribution in [2.24, 2.45) is 5.92 Å². The zero-order valence-corrected chi connectivity index (χ0v) is 9.03. The molecular formula is C13H16N2. The molecule has 15 heavy (non-hydrogen) atoms. The average molecular weight is 200 g/mol. The molecule has 1 saturated carbocycles. The summed E-state index contributed by atoms with van der Waals surface area (Å²) in [7, 11) is 0. The highest BCUT2D eigenvalue weighted by Crippen LogP contribution is 2.27. The number of rotatable bonds is 2. The highest BCUT2D eigenvalue weighted by Gasteiger charge is 2.20. The maximum Gasteiger partial charge on any atom is 0.0992 e. The lowest BCUT2D eigenvalue weighted by atomic mass is 10.1. The molecule has 0 saturated heterocycles. The van der Waals surface area contributed by atoms with Crippen molar-refractivity contribution >= 4 is 5.69 Å². The molecule has 2 rings (SSSR count). The fourth-order valence-corrected chi connectivity index (χ4v) is 2.25. The van der Waals surface area contributed by atoms with Crippen LogP contribution in [0.2, 0.25) is 0 Å². The lowest BCUT2D eigenvalue weighted by molar-refractivity contribution is 0.602. The van der Waals surface area contributed by atoms with Crippen molar-refractivity contribution in [1.29, 1.82) is 5.26 Å². The van der Waals surface area contributed by atoms with Crippen LogP contribution in [0, 0.1) is 17.2 Å². The van der Waals surface area contributed by atoms with Crippen molar-refractivity contribution in [2.45, 2.75) is 32.2 Å². The second-order valence-corrected chi connectivity index (χ2v) is 4.45. The minimum Gasteiger partial charge on any atom is -0.382 e. The first kappa shape index (κ1) is 10.0. The van der Waals surface area contributed by atoms with Gasteiger partial charge in [0, 0.05) is 11.7 Å². The molecule has 1 aliphatic rings. The SMILES string of the molecule is CC1CCC(Nc2cccc(C#N)c2)C1. The average Bonchev–Trinajstić information content (AvgIpc) is 2.64.